The third-order valence-corrected chi connectivity index (χ3v) is 5.51. The number of benzene rings is 2. The lowest BCUT2D eigenvalue weighted by atomic mass is 9.85. The minimum atomic E-state index is -0.601. The molecular formula is C21H20ClN4O+. The first kappa shape index (κ1) is 17.5. The Balaban J connectivity index is 1.89. The van der Waals surface area contributed by atoms with Gasteiger partial charge < -0.3 is 0 Å². The van der Waals surface area contributed by atoms with Gasteiger partial charge in [-0.3, -0.25) is 20.5 Å². The van der Waals surface area contributed by atoms with Crippen molar-refractivity contribution in [3.05, 3.63) is 65.3 Å². The number of halogens is 1. The number of aromatic nitrogens is 1. The van der Waals surface area contributed by atoms with Crippen LogP contribution in [-0.4, -0.2) is 28.8 Å². The molecule has 1 aliphatic heterocycles. The van der Waals surface area contributed by atoms with Crippen LogP contribution < -0.4 is 10.7 Å². The Morgan fingerprint density at radius 3 is 2.78 bits per heavy atom. The molecule has 0 saturated carbocycles. The molecule has 1 aliphatic rings. The number of nitrogens with two attached hydrogens (primary N) is 1. The van der Waals surface area contributed by atoms with Gasteiger partial charge in [0.2, 0.25) is 0 Å². The number of hydrogen-bond acceptors (Lipinski definition) is 3. The largest absolute Gasteiger partial charge is 0.351 e. The van der Waals surface area contributed by atoms with Gasteiger partial charge in [-0.1, -0.05) is 35.9 Å². The maximum Gasteiger partial charge on any atom is 0.351 e. The van der Waals surface area contributed by atoms with E-state index in [1.807, 2.05) is 55.5 Å². The molecule has 0 fully saturated rings. The van der Waals surface area contributed by atoms with Gasteiger partial charge in [-0.05, 0) is 42.3 Å². The van der Waals surface area contributed by atoms with Crippen LogP contribution in [-0.2, 0) is 10.3 Å². The topological polar surface area (TPSA) is 73.2 Å². The molecule has 0 radical (unpaired) electrons. The number of rotatable bonds is 2. The molecule has 1 aromatic heterocycles. The predicted molar refractivity (Wildman–Crippen MR) is 107 cm³/mol. The lowest BCUT2D eigenvalue weighted by Crippen LogP contribution is -2.91. The van der Waals surface area contributed by atoms with E-state index in [4.69, 9.17) is 17.3 Å². The summed E-state index contributed by atoms with van der Waals surface area (Å²) in [6.07, 6.45) is 2.08. The molecular weight excluding hydrogens is 360 g/mol. The normalized spacial score (nSPS) is 20.0. The number of pyridine rings is 1. The van der Waals surface area contributed by atoms with Crippen molar-refractivity contribution in [3.8, 4) is 11.1 Å². The fraction of sp³-hybridized carbons (Fsp3) is 0.190. The van der Waals surface area contributed by atoms with Gasteiger partial charge in [0, 0.05) is 22.2 Å². The van der Waals surface area contributed by atoms with Crippen LogP contribution in [0.2, 0.25) is 5.02 Å². The Morgan fingerprint density at radius 2 is 2.00 bits per heavy atom. The summed E-state index contributed by atoms with van der Waals surface area (Å²) in [4.78, 5) is 21.5. The van der Waals surface area contributed by atoms with Gasteiger partial charge in [0.25, 0.3) is 5.91 Å². The summed E-state index contributed by atoms with van der Waals surface area (Å²) in [6, 6.07) is 15.8. The van der Waals surface area contributed by atoms with Crippen molar-refractivity contribution in [2.24, 2.45) is 5.73 Å². The molecule has 0 bridgehead atoms. The minimum absolute atomic E-state index is 0.0281. The number of carbonyl (C=O) groups excluding carboxylic acids is 1. The quantitative estimate of drug-likeness (QED) is 0.715. The SMILES string of the molecule is CN1C(=O)CC(C)(c2ccc(Cl)c(-c3cccc4ncccc34)c2)[NH+]=C1N. The zero-order chi connectivity index (χ0) is 19.2. The van der Waals surface area contributed by atoms with Crippen molar-refractivity contribution in [2.75, 3.05) is 7.05 Å². The molecule has 0 aliphatic carbocycles. The Hall–Kier alpha value is -2.92. The van der Waals surface area contributed by atoms with E-state index in [0.717, 1.165) is 27.6 Å². The van der Waals surface area contributed by atoms with Gasteiger partial charge in [-0.25, -0.2) is 4.90 Å². The maximum atomic E-state index is 12.3. The van der Waals surface area contributed by atoms with Gasteiger partial charge >= 0.3 is 5.96 Å². The van der Waals surface area contributed by atoms with Crippen molar-refractivity contribution < 1.29 is 9.79 Å². The van der Waals surface area contributed by atoms with Crippen LogP contribution >= 0.6 is 11.6 Å². The monoisotopic (exact) mass is 379 g/mol. The molecule has 0 saturated heterocycles. The summed E-state index contributed by atoms with van der Waals surface area (Å²) in [5.41, 5.74) is 9.18. The molecule has 27 heavy (non-hydrogen) atoms. The van der Waals surface area contributed by atoms with Crippen LogP contribution in [0.15, 0.2) is 54.7 Å². The van der Waals surface area contributed by atoms with Gasteiger partial charge in [-0.2, -0.15) is 0 Å². The molecule has 6 heteroatoms. The first-order valence-corrected chi connectivity index (χ1v) is 9.08. The van der Waals surface area contributed by atoms with E-state index >= 15 is 0 Å². The number of nitrogens with zero attached hydrogens (tertiary/aromatic N) is 2. The number of fused-ring (bicyclic) bond motifs is 1. The molecule has 136 valence electrons. The second-order valence-electron chi connectivity index (χ2n) is 7.04. The summed E-state index contributed by atoms with van der Waals surface area (Å²) in [5.74, 6) is 0.319. The highest BCUT2D eigenvalue weighted by molar-refractivity contribution is 6.33. The van der Waals surface area contributed by atoms with E-state index in [1.165, 1.54) is 4.90 Å². The van der Waals surface area contributed by atoms with Crippen LogP contribution in [0.5, 0.6) is 0 Å². The predicted octanol–water partition coefficient (Wildman–Crippen LogP) is 2.03. The highest BCUT2D eigenvalue weighted by Gasteiger charge is 2.40. The van der Waals surface area contributed by atoms with Crippen LogP contribution in [0.1, 0.15) is 18.9 Å². The average Bonchev–Trinajstić information content (AvgIpc) is 2.66. The number of nitrogens with one attached hydrogen (secondary N) is 1. The summed E-state index contributed by atoms with van der Waals surface area (Å²) in [6.45, 7) is 1.97. The molecule has 5 nitrogen and oxygen atoms in total. The molecule has 1 unspecified atom stereocenters. The summed E-state index contributed by atoms with van der Waals surface area (Å²) < 4.78 is 0. The first-order valence-electron chi connectivity index (χ1n) is 8.70. The average molecular weight is 380 g/mol. The Morgan fingerprint density at radius 1 is 1.19 bits per heavy atom. The van der Waals surface area contributed by atoms with E-state index in [9.17, 15) is 4.79 Å². The van der Waals surface area contributed by atoms with E-state index in [2.05, 4.69) is 9.98 Å². The zero-order valence-corrected chi connectivity index (χ0v) is 15.9. The summed E-state index contributed by atoms with van der Waals surface area (Å²) in [7, 11) is 1.67. The van der Waals surface area contributed by atoms with Gasteiger partial charge in [0.05, 0.1) is 19.0 Å². The second kappa shape index (κ2) is 6.35. The molecule has 2 heterocycles. The summed E-state index contributed by atoms with van der Waals surface area (Å²) >= 11 is 6.55. The standard InChI is InChI=1S/C21H19ClN4O/c1-21(12-19(27)26(2)20(23)25-21)13-8-9-17(22)16(11-13)14-5-3-7-18-15(14)6-4-10-24-18/h3-11H,12H2,1-2H3,(H2,23,25)/p+1. The minimum Gasteiger partial charge on any atom is -0.290 e. The van der Waals surface area contributed by atoms with Gasteiger partial charge in [0.1, 0.15) is 5.54 Å². The molecule has 4 rings (SSSR count). The van der Waals surface area contributed by atoms with Crippen LogP contribution in [0.25, 0.3) is 22.0 Å². The van der Waals surface area contributed by atoms with Crippen molar-refractivity contribution in [1.82, 2.24) is 9.88 Å². The van der Waals surface area contributed by atoms with E-state index < -0.39 is 5.54 Å². The lowest BCUT2D eigenvalue weighted by molar-refractivity contribution is -0.567. The highest BCUT2D eigenvalue weighted by atomic mass is 35.5. The van der Waals surface area contributed by atoms with E-state index in [0.29, 0.717) is 17.4 Å². The molecule has 1 atom stereocenters. The molecule has 0 spiro atoms. The number of hydrogen-bond donors (Lipinski definition) is 2. The number of carbonyl (C=O) groups is 1. The van der Waals surface area contributed by atoms with Crippen LogP contribution in [0.3, 0.4) is 0 Å². The maximum absolute atomic E-state index is 12.3. The van der Waals surface area contributed by atoms with Crippen LogP contribution in [0.4, 0.5) is 0 Å². The van der Waals surface area contributed by atoms with Crippen molar-refractivity contribution >= 4 is 34.4 Å². The van der Waals surface area contributed by atoms with Crippen molar-refractivity contribution in [2.45, 2.75) is 18.9 Å². The van der Waals surface area contributed by atoms with Gasteiger partial charge in [0.15, 0.2) is 0 Å². The highest BCUT2D eigenvalue weighted by Crippen LogP contribution is 2.36. The zero-order valence-electron chi connectivity index (χ0n) is 15.2. The second-order valence-corrected chi connectivity index (χ2v) is 7.45. The Kier molecular flexibility index (Phi) is 4.12. The fourth-order valence-electron chi connectivity index (χ4n) is 3.55. The van der Waals surface area contributed by atoms with E-state index in [-0.39, 0.29) is 5.91 Å². The number of amides is 1. The summed E-state index contributed by atoms with van der Waals surface area (Å²) in [5, 5.41) is 1.68. The molecule has 3 aromatic rings. The van der Waals surface area contributed by atoms with Crippen molar-refractivity contribution in [3.63, 3.8) is 0 Å². The fourth-order valence-corrected chi connectivity index (χ4v) is 3.77. The molecule has 2 aromatic carbocycles. The Labute approximate surface area is 162 Å². The van der Waals surface area contributed by atoms with Crippen LogP contribution in [0, 0.1) is 0 Å². The third kappa shape index (κ3) is 2.94. The molecule has 1 amide bonds. The van der Waals surface area contributed by atoms with Gasteiger partial charge in [-0.15, -0.1) is 0 Å². The van der Waals surface area contributed by atoms with E-state index in [1.54, 1.807) is 13.2 Å². The first-order chi connectivity index (χ1) is 12.9. The molecule has 3 N–H and O–H groups in total. The Bertz CT molecular complexity index is 1090. The van der Waals surface area contributed by atoms with Crippen molar-refractivity contribution in [1.29, 1.82) is 0 Å². The smallest absolute Gasteiger partial charge is 0.290 e. The third-order valence-electron chi connectivity index (χ3n) is 5.18. The number of guanidine groups is 1. The lowest BCUT2D eigenvalue weighted by Gasteiger charge is -2.30.